The van der Waals surface area contributed by atoms with E-state index in [1.54, 1.807) is 61.5 Å². The average molecular weight is 545 g/mol. The number of amides is 1. The van der Waals surface area contributed by atoms with Gasteiger partial charge in [0.05, 0.1) is 30.5 Å². The van der Waals surface area contributed by atoms with Gasteiger partial charge in [0, 0.05) is 5.02 Å². The van der Waals surface area contributed by atoms with Crippen LogP contribution in [-0.4, -0.2) is 37.9 Å². The number of methoxy groups -OCH3 is 1. The van der Waals surface area contributed by atoms with Gasteiger partial charge in [-0.3, -0.25) is 4.79 Å². The van der Waals surface area contributed by atoms with Crippen molar-refractivity contribution in [2.45, 2.75) is 26.4 Å². The first-order chi connectivity index (χ1) is 17.8. The number of rotatable bonds is 11. The molecule has 0 heterocycles. The zero-order valence-electron chi connectivity index (χ0n) is 20.5. The van der Waals surface area contributed by atoms with Crippen molar-refractivity contribution >= 4 is 41.3 Å². The van der Waals surface area contributed by atoms with Gasteiger partial charge in [-0.1, -0.05) is 30.1 Å². The lowest BCUT2D eigenvalue weighted by Gasteiger charge is -2.14. The molecule has 0 aliphatic carbocycles. The van der Waals surface area contributed by atoms with E-state index in [4.69, 9.17) is 42.1 Å². The van der Waals surface area contributed by atoms with E-state index >= 15 is 0 Å². The number of nitrogens with one attached hydrogen (secondary N) is 1. The first-order valence-electron chi connectivity index (χ1n) is 11.4. The largest absolute Gasteiger partial charge is 0.494 e. The Hall–Kier alpha value is -3.75. The molecule has 3 rings (SSSR count). The molecule has 0 fully saturated rings. The maximum absolute atomic E-state index is 12.6. The molecule has 0 saturated carbocycles. The quantitative estimate of drug-likeness (QED) is 0.139. The molecule has 0 aromatic heterocycles. The van der Waals surface area contributed by atoms with Crippen LogP contribution in [0.1, 0.15) is 36.2 Å². The highest BCUT2D eigenvalue weighted by Crippen LogP contribution is 2.29. The van der Waals surface area contributed by atoms with Crippen LogP contribution in [-0.2, 0) is 4.79 Å². The van der Waals surface area contributed by atoms with Crippen LogP contribution in [0.25, 0.3) is 0 Å². The third-order valence-electron chi connectivity index (χ3n) is 4.91. The van der Waals surface area contributed by atoms with Gasteiger partial charge in [0.15, 0.2) is 17.6 Å². The topological polar surface area (TPSA) is 95.5 Å². The molecule has 0 spiro atoms. The highest BCUT2D eigenvalue weighted by atomic mass is 35.5. The summed E-state index contributed by atoms with van der Waals surface area (Å²) in [6, 6.07) is 16.3. The summed E-state index contributed by atoms with van der Waals surface area (Å²) < 4.78 is 21.9. The number of halogens is 2. The maximum Gasteiger partial charge on any atom is 0.343 e. The maximum atomic E-state index is 12.6. The number of carbonyl (C=O) groups excluding carboxylic acids is 2. The molecule has 37 heavy (non-hydrogen) atoms. The Labute approximate surface area is 225 Å². The van der Waals surface area contributed by atoms with Gasteiger partial charge < -0.3 is 18.9 Å². The molecule has 0 aliphatic heterocycles. The molecular formula is C27H26Cl2N2O6. The van der Waals surface area contributed by atoms with Crippen molar-refractivity contribution in [1.82, 2.24) is 5.43 Å². The Bertz CT molecular complexity index is 1260. The third kappa shape index (κ3) is 8.13. The Morgan fingerprint density at radius 2 is 1.73 bits per heavy atom. The molecule has 194 valence electrons. The summed E-state index contributed by atoms with van der Waals surface area (Å²) in [6.45, 7) is 4.18. The van der Waals surface area contributed by atoms with Gasteiger partial charge in [-0.2, -0.15) is 5.10 Å². The van der Waals surface area contributed by atoms with Gasteiger partial charge in [0.25, 0.3) is 5.91 Å². The summed E-state index contributed by atoms with van der Waals surface area (Å²) in [5.41, 5.74) is 3.38. The van der Waals surface area contributed by atoms with E-state index < -0.39 is 18.0 Å². The number of hydrogen-bond acceptors (Lipinski definition) is 7. The van der Waals surface area contributed by atoms with Gasteiger partial charge in [-0.05, 0) is 79.6 Å². The summed E-state index contributed by atoms with van der Waals surface area (Å²) in [5.74, 6) is 0.548. The minimum Gasteiger partial charge on any atom is -0.494 e. The highest BCUT2D eigenvalue weighted by Gasteiger charge is 2.16. The summed E-state index contributed by atoms with van der Waals surface area (Å²) in [6.07, 6.45) is 1.45. The predicted octanol–water partition coefficient (Wildman–Crippen LogP) is 5.93. The van der Waals surface area contributed by atoms with E-state index in [1.165, 1.54) is 19.4 Å². The number of esters is 1. The zero-order valence-corrected chi connectivity index (χ0v) is 22.0. The number of hydrazone groups is 1. The van der Waals surface area contributed by atoms with Crippen molar-refractivity contribution < 1.29 is 28.5 Å². The lowest BCUT2D eigenvalue weighted by molar-refractivity contribution is -0.127. The number of hydrogen-bond donors (Lipinski definition) is 1. The second-order valence-electron chi connectivity index (χ2n) is 7.74. The first kappa shape index (κ1) is 27.8. The SMILES string of the molecule is CCCOc1ccc(C(=O)Oc2ccc(/C=N\NC(=O)[C@@H](C)Oc3ccc(Cl)cc3Cl)cc2OC)cc1. The Balaban J connectivity index is 1.58. The summed E-state index contributed by atoms with van der Waals surface area (Å²) in [7, 11) is 1.45. The fraction of sp³-hybridized carbons (Fsp3) is 0.222. The van der Waals surface area contributed by atoms with Crippen LogP contribution in [0.5, 0.6) is 23.0 Å². The number of ether oxygens (including phenoxy) is 4. The minimum atomic E-state index is -0.862. The second-order valence-corrected chi connectivity index (χ2v) is 8.59. The minimum absolute atomic E-state index is 0.238. The summed E-state index contributed by atoms with van der Waals surface area (Å²) in [5, 5.41) is 4.70. The predicted molar refractivity (Wildman–Crippen MR) is 142 cm³/mol. The van der Waals surface area contributed by atoms with Gasteiger partial charge in [0.2, 0.25) is 0 Å². The van der Waals surface area contributed by atoms with E-state index in [1.807, 2.05) is 6.92 Å². The van der Waals surface area contributed by atoms with Crippen LogP contribution < -0.4 is 24.4 Å². The van der Waals surface area contributed by atoms with Crippen LogP contribution in [0.3, 0.4) is 0 Å². The van der Waals surface area contributed by atoms with Gasteiger partial charge in [-0.15, -0.1) is 0 Å². The third-order valence-corrected chi connectivity index (χ3v) is 5.44. The van der Waals surface area contributed by atoms with Crippen LogP contribution in [0, 0.1) is 0 Å². The standard InChI is InChI=1S/C27H26Cl2N2O6/c1-4-13-35-21-9-6-19(7-10-21)27(33)37-24-11-5-18(14-25(24)34-3)16-30-31-26(32)17(2)36-23-12-8-20(28)15-22(23)29/h5-12,14-17H,4,13H2,1-3H3,(H,31,32)/b30-16-/t17-/m1/s1. The van der Waals surface area contributed by atoms with Crippen molar-refractivity contribution in [2.24, 2.45) is 5.10 Å². The van der Waals surface area contributed by atoms with Gasteiger partial charge >= 0.3 is 5.97 Å². The van der Waals surface area contributed by atoms with Crippen molar-refractivity contribution in [2.75, 3.05) is 13.7 Å². The number of benzene rings is 3. The Kier molecular flexibility index (Phi) is 10.2. The molecule has 1 amide bonds. The molecular weight excluding hydrogens is 519 g/mol. The number of carbonyl (C=O) groups is 2. The van der Waals surface area contributed by atoms with Crippen LogP contribution in [0.15, 0.2) is 65.8 Å². The molecule has 1 N–H and O–H groups in total. The molecule has 0 radical (unpaired) electrons. The van der Waals surface area contributed by atoms with Crippen molar-refractivity contribution in [1.29, 1.82) is 0 Å². The van der Waals surface area contributed by atoms with Crippen molar-refractivity contribution in [3.63, 3.8) is 0 Å². The molecule has 1 atom stereocenters. The van der Waals surface area contributed by atoms with E-state index in [0.717, 1.165) is 6.42 Å². The molecule has 0 bridgehead atoms. The smallest absolute Gasteiger partial charge is 0.343 e. The normalized spacial score (nSPS) is 11.6. The van der Waals surface area contributed by atoms with E-state index in [2.05, 4.69) is 10.5 Å². The number of nitrogens with zero attached hydrogens (tertiary/aromatic N) is 1. The fourth-order valence-corrected chi connectivity index (χ4v) is 3.44. The molecule has 3 aromatic carbocycles. The summed E-state index contributed by atoms with van der Waals surface area (Å²) in [4.78, 5) is 24.9. The van der Waals surface area contributed by atoms with Gasteiger partial charge in [-0.25, -0.2) is 10.2 Å². The molecule has 0 saturated heterocycles. The first-order valence-corrected chi connectivity index (χ1v) is 12.1. The molecule has 3 aromatic rings. The van der Waals surface area contributed by atoms with Crippen molar-refractivity contribution in [3.8, 4) is 23.0 Å². The summed E-state index contributed by atoms with van der Waals surface area (Å²) >= 11 is 11.9. The molecule has 10 heteroatoms. The zero-order chi connectivity index (χ0) is 26.8. The molecule has 8 nitrogen and oxygen atoms in total. The van der Waals surface area contributed by atoms with E-state index in [-0.39, 0.29) is 5.75 Å². The average Bonchev–Trinajstić information content (AvgIpc) is 2.89. The molecule has 0 unspecified atom stereocenters. The van der Waals surface area contributed by atoms with Crippen molar-refractivity contribution in [3.05, 3.63) is 81.8 Å². The lowest BCUT2D eigenvalue weighted by atomic mass is 10.2. The lowest BCUT2D eigenvalue weighted by Crippen LogP contribution is -2.33. The van der Waals surface area contributed by atoms with E-state index in [0.29, 0.717) is 45.0 Å². The van der Waals surface area contributed by atoms with Crippen LogP contribution in [0.2, 0.25) is 10.0 Å². The molecule has 0 aliphatic rings. The van der Waals surface area contributed by atoms with Crippen LogP contribution in [0.4, 0.5) is 0 Å². The fourth-order valence-electron chi connectivity index (χ4n) is 2.99. The Morgan fingerprint density at radius 1 is 1.00 bits per heavy atom. The highest BCUT2D eigenvalue weighted by molar-refractivity contribution is 6.35. The monoisotopic (exact) mass is 544 g/mol. The van der Waals surface area contributed by atoms with Crippen LogP contribution >= 0.6 is 23.2 Å². The Morgan fingerprint density at radius 3 is 2.41 bits per heavy atom. The van der Waals surface area contributed by atoms with E-state index in [9.17, 15) is 9.59 Å². The van der Waals surface area contributed by atoms with Gasteiger partial charge in [0.1, 0.15) is 11.5 Å². The second kappa shape index (κ2) is 13.5.